The molecule has 1 aliphatic rings. The number of nitrogens with zero attached hydrogens (tertiary/aromatic N) is 2. The van der Waals surface area contributed by atoms with E-state index in [1.54, 1.807) is 11.3 Å². The molecule has 0 aromatic carbocycles. The number of thiophene rings is 1. The van der Waals surface area contributed by atoms with Crippen LogP contribution < -0.4 is 5.32 Å². The summed E-state index contributed by atoms with van der Waals surface area (Å²) >= 11 is 5.24. The van der Waals surface area contributed by atoms with Crippen LogP contribution in [0.25, 0.3) is 0 Å². The van der Waals surface area contributed by atoms with Gasteiger partial charge in [-0.05, 0) is 54.8 Å². The number of halogens is 2. The van der Waals surface area contributed by atoms with Gasteiger partial charge in [-0.1, -0.05) is 0 Å². The van der Waals surface area contributed by atoms with Crippen LogP contribution in [0.5, 0.6) is 0 Å². The molecule has 2 heterocycles. The predicted molar refractivity (Wildman–Crippen MR) is 108 cm³/mol. The average Bonchev–Trinajstić information content (AvgIpc) is 2.90. The molecule has 1 fully saturated rings. The molecule has 0 radical (unpaired) electrons. The second-order valence-electron chi connectivity index (χ2n) is 5.02. The molecule has 1 N–H and O–H groups in total. The monoisotopic (exact) mass is 501 g/mol. The fraction of sp³-hybridized carbons (Fsp3) is 0.667. The topological polar surface area (TPSA) is 36.9 Å². The highest BCUT2D eigenvalue weighted by Gasteiger charge is 2.21. The van der Waals surface area contributed by atoms with Gasteiger partial charge in [0.15, 0.2) is 5.96 Å². The summed E-state index contributed by atoms with van der Waals surface area (Å²) in [6.07, 6.45) is 2.59. The Balaban J connectivity index is 0.00000242. The Morgan fingerprint density at radius 2 is 2.14 bits per heavy atom. The molecule has 0 bridgehead atoms. The first kappa shape index (κ1) is 20.2. The molecule has 7 heteroatoms. The summed E-state index contributed by atoms with van der Waals surface area (Å²) in [5.41, 5.74) is 0. The maximum atomic E-state index is 5.71. The maximum absolute atomic E-state index is 5.71. The molecule has 0 atom stereocenters. The zero-order valence-electron chi connectivity index (χ0n) is 13.2. The summed E-state index contributed by atoms with van der Waals surface area (Å²) in [5, 5.41) is 3.40. The number of likely N-dealkylation sites (tertiary alicyclic amines) is 1. The summed E-state index contributed by atoms with van der Waals surface area (Å²) in [5.74, 6) is 1.02. The molecule has 0 aliphatic carbocycles. The average molecular weight is 502 g/mol. The molecular formula is C15H25BrIN3OS. The molecule has 0 amide bonds. The van der Waals surface area contributed by atoms with Crippen molar-refractivity contribution in [2.75, 3.05) is 26.2 Å². The molecule has 126 valence electrons. The first-order valence-corrected chi connectivity index (χ1v) is 9.23. The molecule has 0 saturated carbocycles. The van der Waals surface area contributed by atoms with Gasteiger partial charge in [0.2, 0.25) is 0 Å². The Bertz CT molecular complexity index is 461. The van der Waals surface area contributed by atoms with Crippen LogP contribution in [0.3, 0.4) is 0 Å². The lowest BCUT2D eigenvalue weighted by atomic mass is 10.1. The van der Waals surface area contributed by atoms with Crippen molar-refractivity contribution in [2.24, 2.45) is 4.99 Å². The van der Waals surface area contributed by atoms with Gasteiger partial charge < -0.3 is 15.0 Å². The van der Waals surface area contributed by atoms with Crippen molar-refractivity contribution < 1.29 is 4.74 Å². The Hall–Kier alpha value is 0.140. The van der Waals surface area contributed by atoms with Gasteiger partial charge in [-0.2, -0.15) is 0 Å². The standard InChI is InChI=1S/C15H24BrN3OS.HI/c1-3-17-15(18-11-13-5-6-14(16)21-13)19-9-7-12(8-10-19)20-4-2;/h5-6,12H,3-4,7-11H2,1-2H3,(H,17,18);1H. The number of nitrogens with one attached hydrogen (secondary N) is 1. The number of guanidine groups is 1. The first-order chi connectivity index (χ1) is 10.2. The van der Waals surface area contributed by atoms with Gasteiger partial charge >= 0.3 is 0 Å². The van der Waals surface area contributed by atoms with E-state index in [9.17, 15) is 0 Å². The SMILES string of the molecule is CCNC(=NCc1ccc(Br)s1)N1CCC(OCC)CC1.I. The van der Waals surface area contributed by atoms with Crippen molar-refractivity contribution in [3.63, 3.8) is 0 Å². The Morgan fingerprint density at radius 3 is 2.68 bits per heavy atom. The molecular weight excluding hydrogens is 477 g/mol. The lowest BCUT2D eigenvalue weighted by Crippen LogP contribution is -2.47. The number of piperidine rings is 1. The molecule has 1 saturated heterocycles. The summed E-state index contributed by atoms with van der Waals surface area (Å²) in [7, 11) is 0. The smallest absolute Gasteiger partial charge is 0.194 e. The summed E-state index contributed by atoms with van der Waals surface area (Å²) < 4.78 is 6.87. The zero-order valence-corrected chi connectivity index (χ0v) is 17.9. The lowest BCUT2D eigenvalue weighted by molar-refractivity contribution is 0.0263. The van der Waals surface area contributed by atoms with Gasteiger partial charge in [0, 0.05) is 31.1 Å². The van der Waals surface area contributed by atoms with Crippen molar-refractivity contribution in [3.8, 4) is 0 Å². The summed E-state index contributed by atoms with van der Waals surface area (Å²) in [6, 6.07) is 4.21. The van der Waals surface area contributed by atoms with Crippen molar-refractivity contribution in [1.82, 2.24) is 10.2 Å². The third-order valence-corrected chi connectivity index (χ3v) is 5.10. The Morgan fingerprint density at radius 1 is 1.41 bits per heavy atom. The van der Waals surface area contributed by atoms with Gasteiger partial charge in [-0.25, -0.2) is 4.99 Å². The number of hydrogen-bond donors (Lipinski definition) is 1. The fourth-order valence-electron chi connectivity index (χ4n) is 2.49. The largest absolute Gasteiger partial charge is 0.378 e. The quantitative estimate of drug-likeness (QED) is 0.375. The normalized spacial score (nSPS) is 16.5. The first-order valence-electron chi connectivity index (χ1n) is 7.62. The molecule has 2 rings (SSSR count). The van der Waals surface area contributed by atoms with Crippen LogP contribution in [0.2, 0.25) is 0 Å². The van der Waals surface area contributed by atoms with Gasteiger partial charge in [-0.3, -0.25) is 0 Å². The minimum absolute atomic E-state index is 0. The van der Waals surface area contributed by atoms with E-state index in [2.05, 4.69) is 52.1 Å². The van der Waals surface area contributed by atoms with Crippen molar-refractivity contribution in [2.45, 2.75) is 39.3 Å². The highest BCUT2D eigenvalue weighted by atomic mass is 127. The van der Waals surface area contributed by atoms with E-state index in [0.717, 1.165) is 55.4 Å². The van der Waals surface area contributed by atoms with Crippen molar-refractivity contribution in [3.05, 3.63) is 20.8 Å². The van der Waals surface area contributed by atoms with Gasteiger partial charge in [0.25, 0.3) is 0 Å². The number of ether oxygens (including phenoxy) is 1. The van der Waals surface area contributed by atoms with E-state index in [4.69, 9.17) is 9.73 Å². The predicted octanol–water partition coefficient (Wildman–Crippen LogP) is 4.10. The third-order valence-electron chi connectivity index (χ3n) is 3.49. The highest BCUT2D eigenvalue weighted by molar-refractivity contribution is 14.0. The zero-order chi connectivity index (χ0) is 15.1. The van der Waals surface area contributed by atoms with E-state index in [1.165, 1.54) is 4.88 Å². The third kappa shape index (κ3) is 6.33. The minimum atomic E-state index is 0. The van der Waals surface area contributed by atoms with Gasteiger partial charge in [-0.15, -0.1) is 35.3 Å². The van der Waals surface area contributed by atoms with E-state index < -0.39 is 0 Å². The Kier molecular flexibility index (Phi) is 9.94. The number of rotatable bonds is 5. The molecule has 0 spiro atoms. The molecule has 1 aromatic heterocycles. The highest BCUT2D eigenvalue weighted by Crippen LogP contribution is 2.22. The van der Waals surface area contributed by atoms with Crippen LogP contribution in [0.15, 0.2) is 20.9 Å². The van der Waals surface area contributed by atoms with E-state index in [-0.39, 0.29) is 24.0 Å². The van der Waals surface area contributed by atoms with Crippen LogP contribution >= 0.6 is 51.2 Å². The molecule has 0 unspecified atom stereocenters. The van der Waals surface area contributed by atoms with Crippen molar-refractivity contribution >= 4 is 57.2 Å². The lowest BCUT2D eigenvalue weighted by Gasteiger charge is -2.34. The fourth-order valence-corrected chi connectivity index (χ4v) is 3.89. The Labute approximate surface area is 162 Å². The van der Waals surface area contributed by atoms with E-state index in [1.807, 2.05) is 0 Å². The van der Waals surface area contributed by atoms with Gasteiger partial charge in [0.05, 0.1) is 16.4 Å². The van der Waals surface area contributed by atoms with Crippen LogP contribution in [0.1, 0.15) is 31.6 Å². The second-order valence-corrected chi connectivity index (χ2v) is 7.57. The number of aliphatic imine (C=N–C) groups is 1. The van der Waals surface area contributed by atoms with E-state index >= 15 is 0 Å². The minimum Gasteiger partial charge on any atom is -0.378 e. The molecule has 1 aromatic rings. The van der Waals surface area contributed by atoms with Gasteiger partial charge in [0.1, 0.15) is 0 Å². The van der Waals surface area contributed by atoms with Crippen LogP contribution in [-0.2, 0) is 11.3 Å². The van der Waals surface area contributed by atoms with Crippen molar-refractivity contribution in [1.29, 1.82) is 0 Å². The van der Waals surface area contributed by atoms with Crippen LogP contribution in [-0.4, -0.2) is 43.2 Å². The maximum Gasteiger partial charge on any atom is 0.194 e. The second kappa shape index (κ2) is 10.8. The molecule has 1 aliphatic heterocycles. The summed E-state index contributed by atoms with van der Waals surface area (Å²) in [4.78, 5) is 8.40. The number of hydrogen-bond acceptors (Lipinski definition) is 3. The molecule has 22 heavy (non-hydrogen) atoms. The van der Waals surface area contributed by atoms with Crippen LogP contribution in [0, 0.1) is 0 Å². The van der Waals surface area contributed by atoms with E-state index in [0.29, 0.717) is 6.10 Å². The van der Waals surface area contributed by atoms with Crippen LogP contribution in [0.4, 0.5) is 0 Å². The molecule has 4 nitrogen and oxygen atoms in total. The summed E-state index contributed by atoms with van der Waals surface area (Å²) in [6.45, 7) is 8.67.